The Morgan fingerprint density at radius 1 is 1.26 bits per heavy atom. The van der Waals surface area contributed by atoms with Gasteiger partial charge >= 0.3 is 11.9 Å². The van der Waals surface area contributed by atoms with Crippen LogP contribution in [-0.2, 0) is 14.3 Å². The molecule has 0 saturated heterocycles. The molecule has 0 spiro atoms. The maximum atomic E-state index is 11.3. The summed E-state index contributed by atoms with van der Waals surface area (Å²) in [5.74, 6) is -1.82. The molecule has 0 saturated carbocycles. The number of carboxylic acids is 1. The largest absolute Gasteiger partial charge is 0.481 e. The number of nitrogens with two attached hydrogens (primary N) is 1. The molecule has 0 aromatic rings. The van der Waals surface area contributed by atoms with Gasteiger partial charge in [-0.3, -0.25) is 9.59 Å². The van der Waals surface area contributed by atoms with E-state index in [4.69, 9.17) is 26.6 Å². The third-order valence-corrected chi connectivity index (χ3v) is 1.96. The van der Waals surface area contributed by atoms with E-state index in [0.29, 0.717) is 0 Å². The minimum atomic E-state index is -1.06. The first-order valence-electron chi connectivity index (χ1n) is 5.23. The van der Waals surface area contributed by atoms with Gasteiger partial charge in [0.15, 0.2) is 0 Å². The Labute approximate surface area is 107 Å². The summed E-state index contributed by atoms with van der Waals surface area (Å²) in [6.45, 7) is -0.150. The van der Waals surface area contributed by atoms with Gasteiger partial charge in [0, 0.05) is 16.2 Å². The van der Waals surface area contributed by atoms with Crippen molar-refractivity contribution in [2.24, 2.45) is 16.0 Å². The number of esters is 1. The van der Waals surface area contributed by atoms with Crippen LogP contribution in [0.25, 0.3) is 20.9 Å². The molecule has 0 heterocycles. The van der Waals surface area contributed by atoms with Crippen LogP contribution in [0.15, 0.2) is 10.2 Å². The fourth-order valence-corrected chi connectivity index (χ4v) is 1.03. The van der Waals surface area contributed by atoms with Crippen molar-refractivity contribution in [3.05, 3.63) is 20.9 Å². The molecular weight excluding hydrogens is 258 g/mol. The zero-order chi connectivity index (χ0) is 14.7. The number of hydrogen-bond donors (Lipinski definition) is 2. The highest BCUT2D eigenvalue weighted by Crippen LogP contribution is 2.03. The average molecular weight is 271 g/mol. The summed E-state index contributed by atoms with van der Waals surface area (Å²) in [5, 5.41) is 14.8. The summed E-state index contributed by atoms with van der Waals surface area (Å²) < 4.78 is 4.74. The van der Waals surface area contributed by atoms with Crippen LogP contribution in [0.2, 0.25) is 0 Å². The second kappa shape index (κ2) is 9.54. The fraction of sp³-hybridized carbons (Fsp3) is 0.750. The number of rotatable bonds is 9. The molecule has 0 aliphatic rings. The van der Waals surface area contributed by atoms with Gasteiger partial charge in [0.1, 0.15) is 12.2 Å². The molecule has 0 aromatic heterocycles. The Hall–Kier alpha value is -2.48. The van der Waals surface area contributed by atoms with Crippen molar-refractivity contribution in [3.8, 4) is 0 Å². The number of carbonyl (C=O) groups excluding carboxylic acids is 1. The zero-order valence-electron chi connectivity index (χ0n) is 9.92. The first kappa shape index (κ1) is 16.5. The minimum Gasteiger partial charge on any atom is -0.481 e. The molecule has 104 valence electrons. The van der Waals surface area contributed by atoms with Crippen LogP contribution < -0.4 is 5.73 Å². The normalized spacial score (nSPS) is 12.5. The molecule has 0 aromatic carbocycles. The Morgan fingerprint density at radius 3 is 2.32 bits per heavy atom. The number of carbonyl (C=O) groups is 2. The van der Waals surface area contributed by atoms with E-state index in [0.717, 1.165) is 0 Å². The first-order chi connectivity index (χ1) is 9.01. The predicted molar refractivity (Wildman–Crippen MR) is 62.5 cm³/mol. The van der Waals surface area contributed by atoms with Crippen LogP contribution in [0.5, 0.6) is 0 Å². The highest BCUT2D eigenvalue weighted by atomic mass is 16.5. The molecule has 11 heteroatoms. The summed E-state index contributed by atoms with van der Waals surface area (Å²) in [6.07, 6.45) is -1.25. The first-order valence-corrected chi connectivity index (χ1v) is 5.23. The standard InChI is InChI=1S/C8H13N7O4/c9-5(1-2-7(16)17)8(18)19-4-3-6(12-14-10)13-15-11/h5-6H,1-4,9H2,(H,16,17)/t5-/m0/s1. The Morgan fingerprint density at radius 2 is 1.84 bits per heavy atom. The quantitative estimate of drug-likeness (QED) is 0.274. The molecule has 1 atom stereocenters. The maximum Gasteiger partial charge on any atom is 0.322 e. The van der Waals surface area contributed by atoms with Gasteiger partial charge in [-0.05, 0) is 23.9 Å². The van der Waals surface area contributed by atoms with Crippen LogP contribution in [0, 0.1) is 0 Å². The Kier molecular flexibility index (Phi) is 8.29. The fourth-order valence-electron chi connectivity index (χ4n) is 1.03. The minimum absolute atomic E-state index is 0.0194. The SMILES string of the molecule is [N-]=[N+]=NC(CCOC(=O)[C@@H](N)CCC(=O)O)N=[N+]=[N-]. The van der Waals surface area contributed by atoms with E-state index in [9.17, 15) is 9.59 Å². The molecule has 0 bridgehead atoms. The van der Waals surface area contributed by atoms with E-state index in [1.54, 1.807) is 0 Å². The van der Waals surface area contributed by atoms with Crippen LogP contribution in [0.1, 0.15) is 19.3 Å². The molecule has 0 unspecified atom stereocenters. The summed E-state index contributed by atoms with van der Waals surface area (Å²) in [5.41, 5.74) is 21.7. The van der Waals surface area contributed by atoms with Crippen molar-refractivity contribution in [1.29, 1.82) is 0 Å². The van der Waals surface area contributed by atoms with Gasteiger partial charge in [0.25, 0.3) is 0 Å². The maximum absolute atomic E-state index is 11.3. The third-order valence-electron chi connectivity index (χ3n) is 1.96. The summed E-state index contributed by atoms with van der Waals surface area (Å²) in [4.78, 5) is 26.5. The number of azide groups is 1. The smallest absolute Gasteiger partial charge is 0.322 e. The lowest BCUT2D eigenvalue weighted by Crippen LogP contribution is -2.33. The van der Waals surface area contributed by atoms with E-state index in [1.165, 1.54) is 0 Å². The van der Waals surface area contributed by atoms with Crippen molar-refractivity contribution in [1.82, 2.24) is 0 Å². The van der Waals surface area contributed by atoms with Gasteiger partial charge in [0.2, 0.25) is 0 Å². The van der Waals surface area contributed by atoms with Crippen molar-refractivity contribution in [3.63, 3.8) is 0 Å². The van der Waals surface area contributed by atoms with Gasteiger partial charge in [-0.15, -0.1) is 0 Å². The van der Waals surface area contributed by atoms with E-state index >= 15 is 0 Å². The van der Waals surface area contributed by atoms with Gasteiger partial charge in [-0.2, -0.15) is 0 Å². The molecule has 0 amide bonds. The number of nitrogens with zero attached hydrogens (tertiary/aromatic N) is 6. The lowest BCUT2D eigenvalue weighted by atomic mass is 10.2. The topological polar surface area (TPSA) is 187 Å². The van der Waals surface area contributed by atoms with E-state index in [-0.39, 0.29) is 25.9 Å². The average Bonchev–Trinajstić information content (AvgIpc) is 2.36. The van der Waals surface area contributed by atoms with Crippen molar-refractivity contribution >= 4 is 11.9 Å². The molecule has 0 fully saturated rings. The van der Waals surface area contributed by atoms with Crippen LogP contribution in [0.4, 0.5) is 0 Å². The van der Waals surface area contributed by atoms with Crippen molar-refractivity contribution in [2.75, 3.05) is 6.61 Å². The summed E-state index contributed by atoms with van der Waals surface area (Å²) in [7, 11) is 0. The van der Waals surface area contributed by atoms with E-state index < -0.39 is 24.1 Å². The number of ether oxygens (including phenoxy) is 1. The number of aliphatic carboxylic acids is 1. The van der Waals surface area contributed by atoms with Crippen molar-refractivity contribution in [2.45, 2.75) is 31.5 Å². The molecule has 0 aliphatic heterocycles. The van der Waals surface area contributed by atoms with Gasteiger partial charge < -0.3 is 15.6 Å². The zero-order valence-corrected chi connectivity index (χ0v) is 9.92. The third kappa shape index (κ3) is 8.27. The van der Waals surface area contributed by atoms with Crippen LogP contribution in [0.3, 0.4) is 0 Å². The molecule has 0 rings (SSSR count). The monoisotopic (exact) mass is 271 g/mol. The summed E-state index contributed by atoms with van der Waals surface area (Å²) >= 11 is 0. The van der Waals surface area contributed by atoms with E-state index in [2.05, 4.69) is 20.1 Å². The highest BCUT2D eigenvalue weighted by Gasteiger charge is 2.16. The highest BCUT2D eigenvalue weighted by molar-refractivity contribution is 5.76. The lowest BCUT2D eigenvalue weighted by Gasteiger charge is -2.11. The predicted octanol–water partition coefficient (Wildman–Crippen LogP) is 1.06. The molecule has 3 N–H and O–H groups in total. The Balaban J connectivity index is 4.04. The molecule has 19 heavy (non-hydrogen) atoms. The van der Waals surface area contributed by atoms with Crippen LogP contribution in [-0.4, -0.2) is 35.9 Å². The summed E-state index contributed by atoms with van der Waals surface area (Å²) in [6, 6.07) is -1.03. The van der Waals surface area contributed by atoms with Gasteiger partial charge in [-0.25, -0.2) is 0 Å². The molecule has 0 aliphatic carbocycles. The lowest BCUT2D eigenvalue weighted by molar-refractivity contribution is -0.145. The Bertz CT molecular complexity index is 395. The second-order valence-corrected chi connectivity index (χ2v) is 3.39. The van der Waals surface area contributed by atoms with Gasteiger partial charge in [0.05, 0.1) is 6.61 Å². The molecule has 11 nitrogen and oxygen atoms in total. The molecule has 0 radical (unpaired) electrons. The number of carboxylic acid groups (broad SMARTS) is 1. The van der Waals surface area contributed by atoms with Crippen LogP contribution >= 0.6 is 0 Å². The number of hydrogen-bond acceptors (Lipinski definition) is 6. The molecular formula is C8H13N7O4. The van der Waals surface area contributed by atoms with Gasteiger partial charge in [-0.1, -0.05) is 10.2 Å². The second-order valence-electron chi connectivity index (χ2n) is 3.39. The van der Waals surface area contributed by atoms with Crippen molar-refractivity contribution < 1.29 is 19.4 Å². The van der Waals surface area contributed by atoms with E-state index in [1.807, 2.05) is 0 Å².